The highest BCUT2D eigenvalue weighted by atomic mass is 35.5. The minimum Gasteiger partial charge on any atom is -0.463 e. The molecule has 8 heteroatoms. The molecule has 3 atom stereocenters. The van der Waals surface area contributed by atoms with Gasteiger partial charge in [-0.25, -0.2) is 0 Å². The molecule has 120 valence electrons. The van der Waals surface area contributed by atoms with Gasteiger partial charge in [0.15, 0.2) is 6.29 Å². The average Bonchev–Trinajstić information content (AvgIpc) is 2.42. The number of hydrogen-bond acceptors (Lipinski definition) is 7. The summed E-state index contributed by atoms with van der Waals surface area (Å²) in [4.78, 5) is 21.9. The average molecular weight is 323 g/mol. The maximum atomic E-state index is 11.0. The zero-order valence-electron chi connectivity index (χ0n) is 12.0. The molecule has 7 nitrogen and oxygen atoms in total. The quantitative estimate of drug-likeness (QED) is 0.217. The SMILES string of the molecule is CC(=O)OC[C@H]1O[C@H](OCOCCCl)C=C[C@@H]1OC(C)=O. The Morgan fingerprint density at radius 2 is 2.00 bits per heavy atom. The fourth-order valence-electron chi connectivity index (χ4n) is 1.58. The fourth-order valence-corrected chi connectivity index (χ4v) is 1.69. The Balaban J connectivity index is 2.51. The van der Waals surface area contributed by atoms with E-state index in [0.29, 0.717) is 12.5 Å². The summed E-state index contributed by atoms with van der Waals surface area (Å²) in [6.45, 7) is 2.91. The smallest absolute Gasteiger partial charge is 0.303 e. The van der Waals surface area contributed by atoms with Crippen molar-refractivity contribution in [2.24, 2.45) is 0 Å². The maximum Gasteiger partial charge on any atom is 0.303 e. The van der Waals surface area contributed by atoms with Crippen molar-refractivity contribution < 1.29 is 33.3 Å². The molecule has 0 aromatic carbocycles. The lowest BCUT2D eigenvalue weighted by Gasteiger charge is -2.31. The Hall–Kier alpha value is -1.15. The van der Waals surface area contributed by atoms with Crippen molar-refractivity contribution in [2.75, 3.05) is 25.9 Å². The second kappa shape index (κ2) is 9.73. The summed E-state index contributed by atoms with van der Waals surface area (Å²) in [5.41, 5.74) is 0. The van der Waals surface area contributed by atoms with Crippen LogP contribution in [0, 0.1) is 0 Å². The number of ether oxygens (including phenoxy) is 5. The monoisotopic (exact) mass is 322 g/mol. The van der Waals surface area contributed by atoms with E-state index in [1.165, 1.54) is 13.8 Å². The van der Waals surface area contributed by atoms with Crippen molar-refractivity contribution in [3.8, 4) is 0 Å². The normalized spacial score (nSPS) is 24.6. The number of carbonyl (C=O) groups is 2. The summed E-state index contributed by atoms with van der Waals surface area (Å²) in [6.07, 6.45) is 1.28. The van der Waals surface area contributed by atoms with Crippen molar-refractivity contribution in [2.45, 2.75) is 32.3 Å². The Labute approximate surface area is 128 Å². The van der Waals surface area contributed by atoms with Crippen LogP contribution in [0.3, 0.4) is 0 Å². The first kappa shape index (κ1) is 17.9. The van der Waals surface area contributed by atoms with Gasteiger partial charge in [0.2, 0.25) is 0 Å². The van der Waals surface area contributed by atoms with Crippen LogP contribution < -0.4 is 0 Å². The Kier molecular flexibility index (Phi) is 8.29. The van der Waals surface area contributed by atoms with E-state index in [2.05, 4.69) is 0 Å². The van der Waals surface area contributed by atoms with E-state index in [4.69, 9.17) is 35.3 Å². The lowest BCUT2D eigenvalue weighted by molar-refractivity contribution is -0.220. The van der Waals surface area contributed by atoms with Gasteiger partial charge in [-0.2, -0.15) is 0 Å². The highest BCUT2D eigenvalue weighted by Gasteiger charge is 2.31. The van der Waals surface area contributed by atoms with Gasteiger partial charge < -0.3 is 23.7 Å². The van der Waals surface area contributed by atoms with Crippen LogP contribution in [0.5, 0.6) is 0 Å². The van der Waals surface area contributed by atoms with Crippen LogP contribution >= 0.6 is 11.6 Å². The summed E-state index contributed by atoms with van der Waals surface area (Å²) >= 11 is 5.46. The topological polar surface area (TPSA) is 80.3 Å². The van der Waals surface area contributed by atoms with Crippen LogP contribution in [0.25, 0.3) is 0 Å². The Morgan fingerprint density at radius 1 is 1.24 bits per heavy atom. The molecule has 0 spiro atoms. The van der Waals surface area contributed by atoms with E-state index < -0.39 is 30.4 Å². The molecule has 0 N–H and O–H groups in total. The second-order valence-electron chi connectivity index (χ2n) is 4.19. The van der Waals surface area contributed by atoms with Gasteiger partial charge >= 0.3 is 11.9 Å². The number of halogens is 1. The highest BCUT2D eigenvalue weighted by molar-refractivity contribution is 6.17. The molecule has 1 rings (SSSR count). The third-order valence-corrected chi connectivity index (χ3v) is 2.58. The second-order valence-corrected chi connectivity index (χ2v) is 4.56. The summed E-state index contributed by atoms with van der Waals surface area (Å²) in [5.74, 6) is -0.530. The van der Waals surface area contributed by atoms with Crippen molar-refractivity contribution in [3.05, 3.63) is 12.2 Å². The van der Waals surface area contributed by atoms with Gasteiger partial charge in [0, 0.05) is 19.7 Å². The molecule has 1 aliphatic rings. The minimum absolute atomic E-state index is 0.0141. The van der Waals surface area contributed by atoms with Crippen LogP contribution in [0.1, 0.15) is 13.8 Å². The van der Waals surface area contributed by atoms with Gasteiger partial charge in [0.05, 0.1) is 6.61 Å². The van der Waals surface area contributed by atoms with Gasteiger partial charge in [0.1, 0.15) is 25.6 Å². The fraction of sp³-hybridized carbons (Fsp3) is 0.692. The van der Waals surface area contributed by atoms with E-state index >= 15 is 0 Å². The van der Waals surface area contributed by atoms with Crippen molar-refractivity contribution in [1.29, 1.82) is 0 Å². The summed E-state index contributed by atoms with van der Waals surface area (Å²) in [7, 11) is 0. The van der Waals surface area contributed by atoms with E-state index in [1.54, 1.807) is 12.2 Å². The minimum atomic E-state index is -0.673. The molecule has 0 unspecified atom stereocenters. The molecule has 0 fully saturated rings. The number of esters is 2. The third-order valence-electron chi connectivity index (χ3n) is 2.42. The number of alkyl halides is 1. The molecule has 1 aliphatic heterocycles. The first-order chi connectivity index (χ1) is 10.0. The van der Waals surface area contributed by atoms with Crippen molar-refractivity contribution in [3.63, 3.8) is 0 Å². The summed E-state index contributed by atoms with van der Waals surface area (Å²) < 4.78 is 25.9. The molecule has 0 saturated heterocycles. The Morgan fingerprint density at radius 3 is 2.62 bits per heavy atom. The lowest BCUT2D eigenvalue weighted by atomic mass is 10.1. The molecular weight excluding hydrogens is 304 g/mol. The Bertz CT molecular complexity index is 372. The molecule has 0 radical (unpaired) electrons. The zero-order chi connectivity index (χ0) is 15.7. The first-order valence-electron chi connectivity index (χ1n) is 6.42. The molecule has 0 aliphatic carbocycles. The predicted molar refractivity (Wildman–Crippen MR) is 72.6 cm³/mol. The third kappa shape index (κ3) is 7.42. The molecule has 21 heavy (non-hydrogen) atoms. The van der Waals surface area contributed by atoms with E-state index in [1.807, 2.05) is 0 Å². The first-order valence-corrected chi connectivity index (χ1v) is 6.96. The van der Waals surface area contributed by atoms with Crippen LogP contribution in [-0.2, 0) is 33.3 Å². The molecule has 0 amide bonds. The molecule has 1 heterocycles. The van der Waals surface area contributed by atoms with Crippen molar-refractivity contribution in [1.82, 2.24) is 0 Å². The summed E-state index contributed by atoms with van der Waals surface area (Å²) in [6, 6.07) is 0. The molecule has 0 bridgehead atoms. The number of hydrogen-bond donors (Lipinski definition) is 0. The largest absolute Gasteiger partial charge is 0.463 e. The van der Waals surface area contributed by atoms with Crippen LogP contribution in [0.15, 0.2) is 12.2 Å². The van der Waals surface area contributed by atoms with Crippen LogP contribution in [-0.4, -0.2) is 56.3 Å². The zero-order valence-corrected chi connectivity index (χ0v) is 12.7. The molecular formula is C13H19ClO7. The molecule has 0 aromatic heterocycles. The standard InChI is InChI=1S/C13H19ClO7/c1-9(15)18-7-12-11(20-10(2)16)3-4-13(21-12)19-8-17-6-5-14/h3-4,11-13H,5-8H2,1-2H3/t11-,12+,13-/m0/s1. The van der Waals surface area contributed by atoms with Crippen LogP contribution in [0.4, 0.5) is 0 Å². The molecule has 0 aromatic rings. The van der Waals surface area contributed by atoms with E-state index in [0.717, 1.165) is 0 Å². The number of rotatable bonds is 8. The predicted octanol–water partition coefficient (Wildman–Crippen LogP) is 0.992. The highest BCUT2D eigenvalue weighted by Crippen LogP contribution is 2.18. The maximum absolute atomic E-state index is 11.0. The van der Waals surface area contributed by atoms with Gasteiger partial charge in [-0.05, 0) is 12.2 Å². The summed E-state index contributed by atoms with van der Waals surface area (Å²) in [5, 5.41) is 0. The molecule has 0 saturated carbocycles. The number of carbonyl (C=O) groups excluding carboxylic acids is 2. The van der Waals surface area contributed by atoms with Gasteiger partial charge in [-0.3, -0.25) is 9.59 Å². The lowest BCUT2D eigenvalue weighted by Crippen LogP contribution is -2.42. The van der Waals surface area contributed by atoms with Crippen molar-refractivity contribution >= 4 is 23.5 Å². The van der Waals surface area contributed by atoms with Gasteiger partial charge in [0.25, 0.3) is 0 Å². The van der Waals surface area contributed by atoms with E-state index in [-0.39, 0.29) is 13.4 Å². The van der Waals surface area contributed by atoms with E-state index in [9.17, 15) is 9.59 Å². The van der Waals surface area contributed by atoms with Gasteiger partial charge in [-0.15, -0.1) is 11.6 Å². The van der Waals surface area contributed by atoms with Gasteiger partial charge in [-0.1, -0.05) is 0 Å². The van der Waals surface area contributed by atoms with Crippen LogP contribution in [0.2, 0.25) is 0 Å².